The number of benzene rings is 2. The predicted molar refractivity (Wildman–Crippen MR) is 113 cm³/mol. The monoisotopic (exact) mass is 448 g/mol. The molecule has 1 saturated heterocycles. The summed E-state index contributed by atoms with van der Waals surface area (Å²) in [6.45, 7) is -0.00848. The normalized spacial score (nSPS) is 21.6. The third kappa shape index (κ3) is 3.97. The Morgan fingerprint density at radius 1 is 1.26 bits per heavy atom. The van der Waals surface area contributed by atoms with Crippen molar-refractivity contribution < 1.29 is 24.2 Å². The molecule has 3 atom stereocenters. The maximum atomic E-state index is 14.4. The summed E-state index contributed by atoms with van der Waals surface area (Å²) < 4.78 is 14.4. The molecule has 0 spiro atoms. The summed E-state index contributed by atoms with van der Waals surface area (Å²) >= 11 is 5.83. The fourth-order valence-corrected chi connectivity index (χ4v) is 4.15. The second-order valence-corrected chi connectivity index (χ2v) is 8.05. The summed E-state index contributed by atoms with van der Waals surface area (Å²) in [6.07, 6.45) is -1.13. The number of carbonyl (C=O) groups excluding carboxylic acids is 2. The van der Waals surface area contributed by atoms with E-state index in [1.165, 1.54) is 15.9 Å². The van der Waals surface area contributed by atoms with Gasteiger partial charge in [0.1, 0.15) is 18.1 Å². The number of hydrogen-bond donors (Lipinski definition) is 4. The molecule has 0 aromatic heterocycles. The molecule has 0 aliphatic carbocycles. The van der Waals surface area contributed by atoms with Gasteiger partial charge in [-0.15, -0.1) is 0 Å². The van der Waals surface area contributed by atoms with E-state index in [1.807, 2.05) is 0 Å². The van der Waals surface area contributed by atoms with Crippen LogP contribution in [0.4, 0.5) is 10.1 Å². The minimum atomic E-state index is -1.13. The smallest absolute Gasteiger partial charge is 0.256 e. The lowest BCUT2D eigenvalue weighted by Gasteiger charge is -2.42. The van der Waals surface area contributed by atoms with Crippen molar-refractivity contribution in [1.29, 1.82) is 0 Å². The highest BCUT2D eigenvalue weighted by atomic mass is 35.5. The van der Waals surface area contributed by atoms with E-state index in [4.69, 9.17) is 22.4 Å². The van der Waals surface area contributed by atoms with Crippen LogP contribution in [-0.4, -0.2) is 76.4 Å². The van der Waals surface area contributed by atoms with Gasteiger partial charge < -0.3 is 31.1 Å². The van der Waals surface area contributed by atoms with Crippen LogP contribution in [0, 0.1) is 5.82 Å². The van der Waals surface area contributed by atoms with Crippen LogP contribution >= 0.6 is 11.6 Å². The fourth-order valence-electron chi connectivity index (χ4n) is 3.99. The van der Waals surface area contributed by atoms with E-state index in [0.29, 0.717) is 22.4 Å². The maximum Gasteiger partial charge on any atom is 0.256 e. The molecule has 2 heterocycles. The molecule has 2 aliphatic rings. The Morgan fingerprint density at radius 3 is 2.74 bits per heavy atom. The first kappa shape index (κ1) is 21.5. The van der Waals surface area contributed by atoms with E-state index in [9.17, 15) is 19.1 Å². The lowest BCUT2D eigenvalue weighted by atomic mass is 10.0. The zero-order chi connectivity index (χ0) is 22.3. The summed E-state index contributed by atoms with van der Waals surface area (Å²) in [6, 6.07) is 7.40. The number of nitrogens with one attached hydrogen (secondary N) is 1. The van der Waals surface area contributed by atoms with Gasteiger partial charge in [0.05, 0.1) is 18.2 Å². The van der Waals surface area contributed by atoms with Crippen molar-refractivity contribution in [3.63, 3.8) is 0 Å². The zero-order valence-corrected chi connectivity index (χ0v) is 17.2. The number of carbonyl (C=O) groups is 2. The van der Waals surface area contributed by atoms with E-state index >= 15 is 0 Å². The number of rotatable bonds is 3. The van der Waals surface area contributed by atoms with Crippen LogP contribution in [0.15, 0.2) is 36.4 Å². The maximum absolute atomic E-state index is 14.4. The number of nitrogens with zero attached hydrogens (tertiary/aromatic N) is 2. The number of piperazine rings is 1. The molecule has 2 aromatic rings. The Balaban J connectivity index is 1.65. The number of aliphatic hydroxyl groups is 2. The molecule has 4 rings (SSSR count). The molecule has 5 N–H and O–H groups in total. The van der Waals surface area contributed by atoms with Gasteiger partial charge in [-0.2, -0.15) is 0 Å². The molecule has 2 amide bonds. The molecule has 2 aliphatic heterocycles. The number of halogens is 2. The minimum absolute atomic E-state index is 0.0685. The molecule has 0 bridgehead atoms. The standard InChI is InChI=1S/C21H22ClFN4O4/c22-12-2-3-13(15(23)8-12)11-1-4-17-14(7-11)20(30)27-6-5-26(21(31)16(24)10-28)9-18(27)19(29)25-17/h1-4,7-8,16,18-19,25,28-29H,5-6,9-10,24H2. The topological polar surface area (TPSA) is 119 Å². The van der Waals surface area contributed by atoms with E-state index in [2.05, 4.69) is 5.32 Å². The molecule has 2 aromatic carbocycles. The molecule has 0 radical (unpaired) electrons. The predicted octanol–water partition coefficient (Wildman–Crippen LogP) is 0.863. The first-order valence-corrected chi connectivity index (χ1v) is 10.2. The Kier molecular flexibility index (Phi) is 5.85. The minimum Gasteiger partial charge on any atom is -0.394 e. The summed E-state index contributed by atoms with van der Waals surface area (Å²) in [5, 5.41) is 23.0. The Labute approximate surface area is 183 Å². The van der Waals surface area contributed by atoms with Gasteiger partial charge in [-0.3, -0.25) is 9.59 Å². The Bertz CT molecular complexity index is 1040. The summed E-state index contributed by atoms with van der Waals surface area (Å²) in [7, 11) is 0. The van der Waals surface area contributed by atoms with Crippen molar-refractivity contribution in [2.45, 2.75) is 18.3 Å². The average molecular weight is 449 g/mol. The van der Waals surface area contributed by atoms with Crippen LogP contribution in [0.3, 0.4) is 0 Å². The van der Waals surface area contributed by atoms with E-state index in [1.54, 1.807) is 30.3 Å². The van der Waals surface area contributed by atoms with E-state index in [-0.39, 0.29) is 30.6 Å². The van der Waals surface area contributed by atoms with Crippen molar-refractivity contribution in [3.05, 3.63) is 52.8 Å². The van der Waals surface area contributed by atoms with Crippen molar-refractivity contribution in [2.24, 2.45) is 5.73 Å². The number of fused-ring (bicyclic) bond motifs is 2. The number of hydrogen-bond acceptors (Lipinski definition) is 6. The SMILES string of the molecule is NC(CO)C(=O)N1CCN2C(=O)c3cc(-c4ccc(Cl)cc4F)ccc3NC(O)C2C1. The molecule has 1 fully saturated rings. The summed E-state index contributed by atoms with van der Waals surface area (Å²) in [4.78, 5) is 28.6. The molecule has 31 heavy (non-hydrogen) atoms. The van der Waals surface area contributed by atoms with Gasteiger partial charge in [0.15, 0.2) is 0 Å². The van der Waals surface area contributed by atoms with Crippen LogP contribution in [0.5, 0.6) is 0 Å². The van der Waals surface area contributed by atoms with Crippen LogP contribution < -0.4 is 11.1 Å². The molecular weight excluding hydrogens is 427 g/mol. The first-order chi connectivity index (χ1) is 14.8. The van der Waals surface area contributed by atoms with E-state index in [0.717, 1.165) is 0 Å². The first-order valence-electron chi connectivity index (χ1n) is 9.80. The second-order valence-electron chi connectivity index (χ2n) is 7.61. The Hall–Kier alpha value is -2.72. The van der Waals surface area contributed by atoms with Crippen molar-refractivity contribution in [1.82, 2.24) is 9.80 Å². The molecular formula is C21H22ClFN4O4. The largest absolute Gasteiger partial charge is 0.394 e. The lowest BCUT2D eigenvalue weighted by molar-refractivity contribution is -0.137. The van der Waals surface area contributed by atoms with Gasteiger partial charge in [-0.05, 0) is 35.9 Å². The molecule has 0 saturated carbocycles. The van der Waals surface area contributed by atoms with Gasteiger partial charge in [-0.25, -0.2) is 4.39 Å². The number of amides is 2. The Morgan fingerprint density at radius 2 is 2.03 bits per heavy atom. The van der Waals surface area contributed by atoms with Gasteiger partial charge in [0, 0.05) is 35.9 Å². The fraction of sp³-hybridized carbons (Fsp3) is 0.333. The van der Waals surface area contributed by atoms with Gasteiger partial charge in [-0.1, -0.05) is 17.7 Å². The molecule has 8 nitrogen and oxygen atoms in total. The number of aliphatic hydroxyl groups excluding tert-OH is 2. The quantitative estimate of drug-likeness (QED) is 0.553. The van der Waals surface area contributed by atoms with Crippen LogP contribution in [0.2, 0.25) is 5.02 Å². The lowest BCUT2D eigenvalue weighted by Crippen LogP contribution is -2.62. The van der Waals surface area contributed by atoms with Crippen molar-refractivity contribution in [3.8, 4) is 11.1 Å². The molecule has 3 unspecified atom stereocenters. The van der Waals surface area contributed by atoms with Gasteiger partial charge >= 0.3 is 0 Å². The highest BCUT2D eigenvalue weighted by molar-refractivity contribution is 6.30. The summed E-state index contributed by atoms with van der Waals surface area (Å²) in [5.74, 6) is -1.28. The highest BCUT2D eigenvalue weighted by Crippen LogP contribution is 2.32. The average Bonchev–Trinajstić information content (AvgIpc) is 2.87. The van der Waals surface area contributed by atoms with E-state index < -0.39 is 36.6 Å². The van der Waals surface area contributed by atoms with Crippen LogP contribution in [0.1, 0.15) is 10.4 Å². The third-order valence-electron chi connectivity index (χ3n) is 5.66. The van der Waals surface area contributed by atoms with Crippen LogP contribution in [0.25, 0.3) is 11.1 Å². The summed E-state index contributed by atoms with van der Waals surface area (Å²) in [5.41, 5.74) is 7.14. The third-order valence-corrected chi connectivity index (χ3v) is 5.90. The zero-order valence-electron chi connectivity index (χ0n) is 16.5. The molecule has 164 valence electrons. The highest BCUT2D eigenvalue weighted by Gasteiger charge is 2.41. The van der Waals surface area contributed by atoms with Gasteiger partial charge in [0.25, 0.3) is 5.91 Å². The second kappa shape index (κ2) is 8.43. The van der Waals surface area contributed by atoms with Gasteiger partial charge in [0.2, 0.25) is 5.91 Å². The van der Waals surface area contributed by atoms with Crippen LogP contribution in [-0.2, 0) is 4.79 Å². The number of nitrogens with two attached hydrogens (primary N) is 1. The van der Waals surface area contributed by atoms with Crippen molar-refractivity contribution in [2.75, 3.05) is 31.6 Å². The number of anilines is 1. The van der Waals surface area contributed by atoms with Crippen molar-refractivity contribution >= 4 is 29.1 Å². The molecule has 10 heteroatoms.